The van der Waals surface area contributed by atoms with Gasteiger partial charge in [-0.15, -0.1) is 0 Å². The summed E-state index contributed by atoms with van der Waals surface area (Å²) in [5.74, 6) is 0.468. The Morgan fingerprint density at radius 2 is 1.91 bits per heavy atom. The molecule has 1 fully saturated rings. The van der Waals surface area contributed by atoms with E-state index in [9.17, 15) is 9.00 Å². The molecule has 0 saturated carbocycles. The monoisotopic (exact) mass is 334 g/mol. The molecule has 0 N–H and O–H groups in total. The van der Waals surface area contributed by atoms with Gasteiger partial charge in [0.1, 0.15) is 17.6 Å². The van der Waals surface area contributed by atoms with E-state index in [2.05, 4.69) is 0 Å². The molecule has 2 aromatic rings. The normalized spacial score (nSPS) is 23.0. The maximum atomic E-state index is 12.8. The Labute approximate surface area is 137 Å². The van der Waals surface area contributed by atoms with Gasteiger partial charge in [0.15, 0.2) is 6.29 Å². The molecule has 0 radical (unpaired) electrons. The summed E-state index contributed by atoms with van der Waals surface area (Å²) in [5.41, 5.74) is 1.10. The Kier molecular flexibility index (Phi) is 4.75. The summed E-state index contributed by atoms with van der Waals surface area (Å²) in [6, 6.07) is 9.14. The highest BCUT2D eigenvalue weighted by molar-refractivity contribution is 7.85. The quantitative estimate of drug-likeness (QED) is 0.859. The molecule has 3 atom stereocenters. The number of Topliss-reactive ketones (excluding diaryl/α,β-unsaturated/α-hetero) is 1. The first-order valence-electron chi connectivity index (χ1n) is 7.34. The number of hydrogen-bond acceptors (Lipinski definition) is 5. The first-order valence-corrected chi connectivity index (χ1v) is 8.49. The highest BCUT2D eigenvalue weighted by Crippen LogP contribution is 2.35. The predicted molar refractivity (Wildman–Crippen MR) is 83.4 cm³/mol. The Bertz CT molecular complexity index is 719. The zero-order valence-electron chi connectivity index (χ0n) is 13.0. The van der Waals surface area contributed by atoms with Crippen LogP contribution in [0.2, 0.25) is 0 Å². The second-order valence-corrected chi connectivity index (χ2v) is 6.92. The van der Waals surface area contributed by atoms with Gasteiger partial charge in [-0.1, -0.05) is 17.7 Å². The van der Waals surface area contributed by atoms with E-state index in [0.29, 0.717) is 15.6 Å². The van der Waals surface area contributed by atoms with Crippen molar-refractivity contribution in [1.82, 2.24) is 0 Å². The fraction of sp³-hybridized carbons (Fsp3) is 0.353. The molecule has 3 rings (SSSR count). The number of furan rings is 1. The molecular formula is C17H18O5S. The van der Waals surface area contributed by atoms with Crippen molar-refractivity contribution in [3.63, 3.8) is 0 Å². The smallest absolute Gasteiger partial charge is 0.165 e. The van der Waals surface area contributed by atoms with E-state index >= 15 is 0 Å². The van der Waals surface area contributed by atoms with Crippen LogP contribution in [0.1, 0.15) is 30.3 Å². The van der Waals surface area contributed by atoms with Crippen molar-refractivity contribution in [2.45, 2.75) is 42.0 Å². The molecule has 1 aromatic heterocycles. The van der Waals surface area contributed by atoms with Crippen molar-refractivity contribution in [2.75, 3.05) is 7.11 Å². The maximum absolute atomic E-state index is 12.8. The minimum absolute atomic E-state index is 0.0385. The molecule has 0 amide bonds. The standard InChI is InChI=1S/C17H18O5S/c1-11-3-5-13(6-4-11)23(19)15-7-8-21-17(15)14-9-12(18)10-16(20-2)22-14/h3-8,14,16H,9-10H2,1-2H3/t14-,16+,23?/m0/s1. The highest BCUT2D eigenvalue weighted by atomic mass is 32.2. The largest absolute Gasteiger partial charge is 0.465 e. The molecule has 1 aromatic carbocycles. The minimum Gasteiger partial charge on any atom is -0.465 e. The minimum atomic E-state index is -1.39. The average molecular weight is 334 g/mol. The SMILES string of the molecule is CO[C@H]1CC(=O)C[C@@H](c2occc2S(=O)c2ccc(C)cc2)O1. The van der Waals surface area contributed by atoms with Gasteiger partial charge in [0.05, 0.1) is 28.4 Å². The van der Waals surface area contributed by atoms with Crippen LogP contribution in [0.25, 0.3) is 0 Å². The van der Waals surface area contributed by atoms with Crippen LogP contribution in [0.15, 0.2) is 50.8 Å². The van der Waals surface area contributed by atoms with Crippen molar-refractivity contribution in [3.8, 4) is 0 Å². The second kappa shape index (κ2) is 6.78. The summed E-state index contributed by atoms with van der Waals surface area (Å²) in [6.45, 7) is 1.97. The van der Waals surface area contributed by atoms with Crippen LogP contribution >= 0.6 is 0 Å². The summed E-state index contributed by atoms with van der Waals surface area (Å²) < 4.78 is 29.1. The van der Waals surface area contributed by atoms with Gasteiger partial charge in [-0.25, -0.2) is 4.21 Å². The molecule has 1 saturated heterocycles. The van der Waals surface area contributed by atoms with Crippen molar-refractivity contribution in [1.29, 1.82) is 0 Å². The number of aryl methyl sites for hydroxylation is 1. The number of benzene rings is 1. The molecule has 0 aliphatic carbocycles. The van der Waals surface area contributed by atoms with E-state index in [1.807, 2.05) is 31.2 Å². The first-order chi connectivity index (χ1) is 11.1. The molecular weight excluding hydrogens is 316 g/mol. The van der Waals surface area contributed by atoms with Crippen LogP contribution in [0.3, 0.4) is 0 Å². The average Bonchev–Trinajstić information content (AvgIpc) is 3.04. The van der Waals surface area contributed by atoms with Gasteiger partial charge in [0, 0.05) is 18.4 Å². The van der Waals surface area contributed by atoms with Crippen molar-refractivity contribution in [3.05, 3.63) is 47.9 Å². The van der Waals surface area contributed by atoms with Crippen LogP contribution in [0.4, 0.5) is 0 Å². The fourth-order valence-corrected chi connectivity index (χ4v) is 3.71. The van der Waals surface area contributed by atoms with E-state index in [4.69, 9.17) is 13.9 Å². The molecule has 1 aliphatic heterocycles. The highest BCUT2D eigenvalue weighted by Gasteiger charge is 2.33. The van der Waals surface area contributed by atoms with E-state index < -0.39 is 23.2 Å². The fourth-order valence-electron chi connectivity index (χ4n) is 2.53. The molecule has 6 heteroatoms. The van der Waals surface area contributed by atoms with Crippen LogP contribution in [-0.4, -0.2) is 23.4 Å². The molecule has 0 spiro atoms. The van der Waals surface area contributed by atoms with E-state index in [0.717, 1.165) is 5.56 Å². The van der Waals surface area contributed by atoms with Crippen LogP contribution in [0, 0.1) is 6.92 Å². The lowest BCUT2D eigenvalue weighted by Gasteiger charge is -2.27. The Morgan fingerprint density at radius 3 is 2.61 bits per heavy atom. The number of rotatable bonds is 4. The summed E-state index contributed by atoms with van der Waals surface area (Å²) in [4.78, 5) is 13.1. The maximum Gasteiger partial charge on any atom is 0.165 e. The van der Waals surface area contributed by atoms with E-state index in [1.54, 1.807) is 6.07 Å². The molecule has 2 heterocycles. The number of hydrogen-bond donors (Lipinski definition) is 0. The Hall–Kier alpha value is -1.76. The summed E-state index contributed by atoms with van der Waals surface area (Å²) in [6.07, 6.45) is 0.740. The lowest BCUT2D eigenvalue weighted by atomic mass is 10.1. The molecule has 5 nitrogen and oxygen atoms in total. The lowest BCUT2D eigenvalue weighted by Crippen LogP contribution is -2.29. The van der Waals surface area contributed by atoms with Crippen LogP contribution < -0.4 is 0 Å². The first kappa shape index (κ1) is 16.1. The van der Waals surface area contributed by atoms with Crippen LogP contribution in [-0.2, 0) is 25.1 Å². The topological polar surface area (TPSA) is 65.7 Å². The third-order valence-electron chi connectivity index (χ3n) is 3.77. The lowest BCUT2D eigenvalue weighted by molar-refractivity contribution is -0.189. The van der Waals surface area contributed by atoms with Gasteiger partial charge in [-0.05, 0) is 25.1 Å². The number of ketones is 1. The number of ether oxygens (including phenoxy) is 2. The molecule has 1 unspecified atom stereocenters. The van der Waals surface area contributed by atoms with Crippen LogP contribution in [0.5, 0.6) is 0 Å². The van der Waals surface area contributed by atoms with Gasteiger partial charge in [-0.2, -0.15) is 0 Å². The summed E-state index contributed by atoms with van der Waals surface area (Å²) >= 11 is 0. The zero-order chi connectivity index (χ0) is 16.4. The Balaban J connectivity index is 1.88. The van der Waals surface area contributed by atoms with Gasteiger partial charge in [0.25, 0.3) is 0 Å². The van der Waals surface area contributed by atoms with Gasteiger partial charge in [0.2, 0.25) is 0 Å². The van der Waals surface area contributed by atoms with E-state index in [1.165, 1.54) is 13.4 Å². The van der Waals surface area contributed by atoms with Gasteiger partial charge in [-0.3, -0.25) is 4.79 Å². The number of carbonyl (C=O) groups excluding carboxylic acids is 1. The van der Waals surface area contributed by atoms with Crippen molar-refractivity contribution in [2.24, 2.45) is 0 Å². The van der Waals surface area contributed by atoms with E-state index in [-0.39, 0.29) is 18.6 Å². The summed E-state index contributed by atoms with van der Waals surface area (Å²) in [5, 5.41) is 0. The molecule has 122 valence electrons. The number of carbonyl (C=O) groups is 1. The van der Waals surface area contributed by atoms with Gasteiger partial charge < -0.3 is 13.9 Å². The van der Waals surface area contributed by atoms with Crippen molar-refractivity contribution < 1.29 is 22.9 Å². The third-order valence-corrected chi connectivity index (χ3v) is 5.21. The molecule has 23 heavy (non-hydrogen) atoms. The molecule has 0 bridgehead atoms. The second-order valence-electron chi connectivity index (χ2n) is 5.47. The summed E-state index contributed by atoms with van der Waals surface area (Å²) in [7, 11) is 0.106. The third kappa shape index (κ3) is 3.44. The zero-order valence-corrected chi connectivity index (χ0v) is 13.8. The number of methoxy groups -OCH3 is 1. The Morgan fingerprint density at radius 1 is 1.17 bits per heavy atom. The van der Waals surface area contributed by atoms with Gasteiger partial charge >= 0.3 is 0 Å². The predicted octanol–water partition coefficient (Wildman–Crippen LogP) is 3.15. The molecule has 1 aliphatic rings. The van der Waals surface area contributed by atoms with Crippen molar-refractivity contribution >= 4 is 16.6 Å².